The van der Waals surface area contributed by atoms with Crippen LogP contribution in [0.3, 0.4) is 0 Å². The molecule has 27 heavy (non-hydrogen) atoms. The molecule has 0 saturated carbocycles. The normalized spacial score (nSPS) is 17.0. The molecule has 0 fully saturated rings. The molecule has 1 heterocycles. The maximum atomic E-state index is 13.6. The summed E-state index contributed by atoms with van der Waals surface area (Å²) in [6.07, 6.45) is -11.5. The minimum Gasteiger partial charge on any atom is -0.324 e. The second-order valence-electron chi connectivity index (χ2n) is 5.95. The summed E-state index contributed by atoms with van der Waals surface area (Å²) in [4.78, 5) is 5.99. The smallest absolute Gasteiger partial charge is 0.324 e. The average molecular weight is 385 g/mol. The van der Waals surface area contributed by atoms with Gasteiger partial charge in [-0.05, 0) is 6.92 Å². The van der Waals surface area contributed by atoms with Crippen LogP contribution < -0.4 is 5.32 Å². The second kappa shape index (κ2) is 6.40. The number of amidine groups is 2. The fourth-order valence-corrected chi connectivity index (χ4v) is 2.51. The van der Waals surface area contributed by atoms with Crippen molar-refractivity contribution in [3.63, 3.8) is 0 Å². The fraction of sp³-hybridized carbons (Fsp3) is 0.222. The Kier molecular flexibility index (Phi) is 4.49. The maximum absolute atomic E-state index is 13.6. The van der Waals surface area contributed by atoms with Crippen LogP contribution in [-0.2, 0) is 0 Å². The summed E-state index contributed by atoms with van der Waals surface area (Å²) in [7, 11) is 0. The van der Waals surface area contributed by atoms with Gasteiger partial charge in [-0.3, -0.25) is 0 Å². The molecule has 0 aromatic heterocycles. The molecule has 2 aromatic rings. The summed E-state index contributed by atoms with van der Waals surface area (Å²) in [5.41, 5.74) is -3.63. The van der Waals surface area contributed by atoms with Crippen molar-refractivity contribution >= 4 is 11.7 Å². The van der Waals surface area contributed by atoms with Crippen LogP contribution in [-0.4, -0.2) is 29.7 Å². The van der Waals surface area contributed by atoms with E-state index in [1.54, 1.807) is 25.1 Å². The lowest BCUT2D eigenvalue weighted by atomic mass is 10.1. The lowest BCUT2D eigenvalue weighted by Gasteiger charge is -2.34. The van der Waals surface area contributed by atoms with E-state index in [0.29, 0.717) is 0 Å². The van der Waals surface area contributed by atoms with Crippen molar-refractivity contribution < 1.29 is 26.3 Å². The van der Waals surface area contributed by atoms with Gasteiger partial charge in [0.2, 0.25) is 0 Å². The highest BCUT2D eigenvalue weighted by Crippen LogP contribution is 2.48. The summed E-state index contributed by atoms with van der Waals surface area (Å²) in [6.45, 7) is 1.74. The molecule has 1 N–H and O–H groups in total. The quantitative estimate of drug-likeness (QED) is 0.753. The van der Waals surface area contributed by atoms with Gasteiger partial charge in [0.1, 0.15) is 11.7 Å². The van der Waals surface area contributed by atoms with E-state index in [0.717, 1.165) is 5.56 Å². The summed E-state index contributed by atoms with van der Waals surface area (Å²) < 4.78 is 81.4. The molecule has 3 nitrogen and oxygen atoms in total. The van der Waals surface area contributed by atoms with E-state index >= 15 is 0 Å². The van der Waals surface area contributed by atoms with Gasteiger partial charge in [-0.1, -0.05) is 60.2 Å². The Morgan fingerprint density at radius 1 is 0.704 bits per heavy atom. The number of rotatable bonds is 2. The van der Waals surface area contributed by atoms with Crippen LogP contribution in [0.5, 0.6) is 0 Å². The number of aliphatic imine (C=N–C) groups is 2. The van der Waals surface area contributed by atoms with E-state index in [1.807, 2.05) is 0 Å². The standard InChI is InChI=1S/C18H13F6N3/c1-11-7-9-13(10-8-11)15-25-14(12-5-3-2-4-6-12)26-16(27-15,17(19,20)21)18(22,23)24/h2-10H,1H3,(H,25,26,27). The minimum absolute atomic E-state index is 0.0786. The van der Waals surface area contributed by atoms with Crippen molar-refractivity contribution in [3.8, 4) is 0 Å². The summed E-state index contributed by atoms with van der Waals surface area (Å²) in [6, 6.07) is 13.2. The molecular formula is C18H13F6N3. The third-order valence-electron chi connectivity index (χ3n) is 3.95. The zero-order chi connectivity index (χ0) is 19.9. The van der Waals surface area contributed by atoms with E-state index in [4.69, 9.17) is 0 Å². The largest absolute Gasteiger partial charge is 0.443 e. The fourth-order valence-electron chi connectivity index (χ4n) is 2.51. The summed E-state index contributed by atoms with van der Waals surface area (Å²) in [5, 5.41) is 2.50. The molecule has 0 amide bonds. The monoisotopic (exact) mass is 385 g/mol. The molecule has 0 aliphatic carbocycles. The Labute approximate surface area is 150 Å². The Morgan fingerprint density at radius 3 is 1.59 bits per heavy atom. The number of nitrogens with zero attached hydrogens (tertiary/aromatic N) is 2. The number of nitrogens with one attached hydrogen (secondary N) is 1. The van der Waals surface area contributed by atoms with Crippen molar-refractivity contribution in [2.24, 2.45) is 9.98 Å². The highest BCUT2D eigenvalue weighted by atomic mass is 19.4. The van der Waals surface area contributed by atoms with Crippen molar-refractivity contribution in [3.05, 3.63) is 71.3 Å². The van der Waals surface area contributed by atoms with E-state index < -0.39 is 29.7 Å². The highest BCUT2D eigenvalue weighted by molar-refractivity contribution is 6.16. The molecule has 0 radical (unpaired) electrons. The lowest BCUT2D eigenvalue weighted by Crippen LogP contribution is -2.59. The Balaban J connectivity index is 2.24. The van der Waals surface area contributed by atoms with Gasteiger partial charge in [-0.15, -0.1) is 0 Å². The second-order valence-corrected chi connectivity index (χ2v) is 5.95. The maximum Gasteiger partial charge on any atom is 0.443 e. The molecule has 142 valence electrons. The van der Waals surface area contributed by atoms with Crippen LogP contribution >= 0.6 is 0 Å². The third kappa shape index (κ3) is 3.41. The molecule has 9 heteroatoms. The van der Waals surface area contributed by atoms with Gasteiger partial charge in [0.15, 0.2) is 0 Å². The molecule has 1 aliphatic rings. The van der Waals surface area contributed by atoms with Gasteiger partial charge in [0, 0.05) is 11.1 Å². The van der Waals surface area contributed by atoms with Crippen molar-refractivity contribution in [1.82, 2.24) is 5.32 Å². The van der Waals surface area contributed by atoms with Crippen LogP contribution in [0.15, 0.2) is 64.6 Å². The van der Waals surface area contributed by atoms with Crippen LogP contribution in [0.1, 0.15) is 16.7 Å². The molecule has 1 aliphatic heterocycles. The van der Waals surface area contributed by atoms with Gasteiger partial charge < -0.3 is 5.32 Å². The molecular weight excluding hydrogens is 372 g/mol. The molecule has 2 aromatic carbocycles. The van der Waals surface area contributed by atoms with Crippen molar-refractivity contribution in [1.29, 1.82) is 0 Å². The molecule has 0 bridgehead atoms. The van der Waals surface area contributed by atoms with Crippen LogP contribution in [0, 0.1) is 6.92 Å². The first-order chi connectivity index (χ1) is 12.5. The Bertz CT molecular complexity index is 866. The SMILES string of the molecule is Cc1ccc(C2=NC(C(F)(F)F)(C(F)(F)F)N=C(c3ccccc3)N2)cc1. The first-order valence-corrected chi connectivity index (χ1v) is 7.76. The molecule has 0 atom stereocenters. The van der Waals surface area contributed by atoms with E-state index in [1.165, 1.54) is 36.4 Å². The van der Waals surface area contributed by atoms with Gasteiger partial charge in [-0.25, -0.2) is 9.98 Å². The van der Waals surface area contributed by atoms with E-state index in [2.05, 4.69) is 15.3 Å². The van der Waals surface area contributed by atoms with E-state index in [9.17, 15) is 26.3 Å². The predicted molar refractivity (Wildman–Crippen MR) is 88.7 cm³/mol. The number of hydrogen-bond donors (Lipinski definition) is 1. The van der Waals surface area contributed by atoms with Crippen LogP contribution in [0.25, 0.3) is 0 Å². The molecule has 0 spiro atoms. The number of hydrogen-bond acceptors (Lipinski definition) is 3. The average Bonchev–Trinajstić information content (AvgIpc) is 2.61. The van der Waals surface area contributed by atoms with Crippen molar-refractivity contribution in [2.45, 2.75) is 24.9 Å². The van der Waals surface area contributed by atoms with E-state index in [-0.39, 0.29) is 11.1 Å². The number of benzene rings is 2. The summed E-state index contributed by atoms with van der Waals surface area (Å²) >= 11 is 0. The molecule has 0 unspecified atom stereocenters. The van der Waals surface area contributed by atoms with Gasteiger partial charge in [-0.2, -0.15) is 26.3 Å². The zero-order valence-electron chi connectivity index (χ0n) is 13.9. The minimum atomic E-state index is -5.77. The highest BCUT2D eigenvalue weighted by Gasteiger charge is 2.73. The van der Waals surface area contributed by atoms with Gasteiger partial charge >= 0.3 is 18.0 Å². The van der Waals surface area contributed by atoms with Gasteiger partial charge in [0.25, 0.3) is 0 Å². The first kappa shape index (κ1) is 18.9. The third-order valence-corrected chi connectivity index (χ3v) is 3.95. The van der Waals surface area contributed by atoms with Crippen molar-refractivity contribution in [2.75, 3.05) is 0 Å². The topological polar surface area (TPSA) is 36.8 Å². The predicted octanol–water partition coefficient (Wildman–Crippen LogP) is 4.61. The van der Waals surface area contributed by atoms with Crippen LogP contribution in [0.4, 0.5) is 26.3 Å². The van der Waals surface area contributed by atoms with Crippen LogP contribution in [0.2, 0.25) is 0 Å². The van der Waals surface area contributed by atoms with Gasteiger partial charge in [0.05, 0.1) is 0 Å². The first-order valence-electron chi connectivity index (χ1n) is 7.76. The Morgan fingerprint density at radius 2 is 1.15 bits per heavy atom. The Hall–Kier alpha value is -2.84. The lowest BCUT2D eigenvalue weighted by molar-refractivity contribution is -0.292. The zero-order valence-corrected chi connectivity index (χ0v) is 13.9. The summed E-state index contributed by atoms with van der Waals surface area (Å²) in [5.74, 6) is -1.12. The number of aryl methyl sites for hydroxylation is 1. The molecule has 0 saturated heterocycles. The molecule has 3 rings (SSSR count). The number of alkyl halides is 6. The number of halogens is 6.